The van der Waals surface area contributed by atoms with Crippen LogP contribution in [0.4, 0.5) is 14.5 Å². The first kappa shape index (κ1) is 14.4. The minimum absolute atomic E-state index is 0.149. The summed E-state index contributed by atoms with van der Waals surface area (Å²) in [6.07, 6.45) is 0. The number of hydrogen-bond donors (Lipinski definition) is 0. The first-order valence-electron chi connectivity index (χ1n) is 5.47. The fourth-order valence-electron chi connectivity index (χ4n) is 1.55. The summed E-state index contributed by atoms with van der Waals surface area (Å²) in [7, 11) is 0. The average molecular weight is 344 g/mol. The Balaban J connectivity index is 2.42. The maximum Gasteiger partial charge on any atom is 0.311 e. The molecule has 20 heavy (non-hydrogen) atoms. The van der Waals surface area contributed by atoms with E-state index in [0.29, 0.717) is 10.9 Å². The zero-order chi connectivity index (χ0) is 14.7. The van der Waals surface area contributed by atoms with Crippen molar-refractivity contribution in [3.8, 4) is 11.5 Å². The summed E-state index contributed by atoms with van der Waals surface area (Å²) in [5.41, 5.74) is 0.356. The number of nitro benzene ring substituents is 1. The third-order valence-electron chi connectivity index (χ3n) is 2.49. The lowest BCUT2D eigenvalue weighted by Crippen LogP contribution is -1.96. The van der Waals surface area contributed by atoms with E-state index < -0.39 is 22.3 Å². The Labute approximate surface area is 121 Å². The molecular weight excluding hydrogens is 336 g/mol. The second-order valence-electron chi connectivity index (χ2n) is 3.87. The molecule has 4 nitrogen and oxygen atoms in total. The quantitative estimate of drug-likeness (QED) is 0.464. The van der Waals surface area contributed by atoms with Crippen LogP contribution in [0.25, 0.3) is 0 Å². The Hall–Kier alpha value is -2.02. The Bertz CT molecular complexity index is 664. The third kappa shape index (κ3) is 3.11. The van der Waals surface area contributed by atoms with E-state index in [2.05, 4.69) is 15.9 Å². The first-order valence-corrected chi connectivity index (χ1v) is 6.59. The zero-order valence-corrected chi connectivity index (χ0v) is 11.6. The second-order valence-corrected chi connectivity index (χ2v) is 4.43. The van der Waals surface area contributed by atoms with Crippen molar-refractivity contribution in [1.82, 2.24) is 0 Å². The number of hydrogen-bond acceptors (Lipinski definition) is 3. The van der Waals surface area contributed by atoms with E-state index in [0.717, 1.165) is 18.2 Å². The highest BCUT2D eigenvalue weighted by atomic mass is 79.9. The van der Waals surface area contributed by atoms with Crippen molar-refractivity contribution < 1.29 is 18.4 Å². The van der Waals surface area contributed by atoms with Crippen molar-refractivity contribution in [2.75, 3.05) is 0 Å². The summed E-state index contributed by atoms with van der Waals surface area (Å²) in [6.45, 7) is 0. The van der Waals surface area contributed by atoms with Gasteiger partial charge in [-0.15, -0.1) is 0 Å². The van der Waals surface area contributed by atoms with Crippen LogP contribution in [0, 0.1) is 21.7 Å². The SMILES string of the molecule is O=[N+]([O-])c1cc(CBr)ccc1Oc1cc(F)ccc1F. The van der Waals surface area contributed by atoms with E-state index in [-0.39, 0.29) is 11.4 Å². The number of alkyl halides is 1. The van der Waals surface area contributed by atoms with Crippen LogP contribution in [0.2, 0.25) is 0 Å². The van der Waals surface area contributed by atoms with Crippen molar-refractivity contribution in [2.45, 2.75) is 5.33 Å². The fraction of sp³-hybridized carbons (Fsp3) is 0.0769. The van der Waals surface area contributed by atoms with Crippen LogP contribution in [0.3, 0.4) is 0 Å². The molecule has 0 aromatic heterocycles. The van der Waals surface area contributed by atoms with Crippen molar-refractivity contribution in [2.24, 2.45) is 0 Å². The topological polar surface area (TPSA) is 52.4 Å². The minimum atomic E-state index is -0.801. The number of benzene rings is 2. The van der Waals surface area contributed by atoms with Gasteiger partial charge in [-0.25, -0.2) is 8.78 Å². The summed E-state index contributed by atoms with van der Waals surface area (Å²) < 4.78 is 31.6. The second kappa shape index (κ2) is 5.96. The summed E-state index contributed by atoms with van der Waals surface area (Å²) in [5, 5.41) is 11.4. The molecule has 0 bridgehead atoms. The molecule has 104 valence electrons. The molecule has 2 aromatic carbocycles. The zero-order valence-electron chi connectivity index (χ0n) is 9.98. The lowest BCUT2D eigenvalue weighted by Gasteiger charge is -2.08. The number of rotatable bonds is 4. The van der Waals surface area contributed by atoms with Crippen molar-refractivity contribution in [3.63, 3.8) is 0 Å². The molecule has 0 saturated carbocycles. The predicted octanol–water partition coefficient (Wildman–Crippen LogP) is 4.56. The molecule has 0 heterocycles. The minimum Gasteiger partial charge on any atom is -0.447 e. The summed E-state index contributed by atoms with van der Waals surface area (Å²) in [5.74, 6) is -2.05. The molecule has 0 aliphatic carbocycles. The lowest BCUT2D eigenvalue weighted by atomic mass is 10.2. The van der Waals surface area contributed by atoms with Gasteiger partial charge in [0.2, 0.25) is 5.75 Å². The Morgan fingerprint density at radius 1 is 1.15 bits per heavy atom. The van der Waals surface area contributed by atoms with Gasteiger partial charge in [0.05, 0.1) is 4.92 Å². The van der Waals surface area contributed by atoms with Crippen LogP contribution in [0.5, 0.6) is 11.5 Å². The molecule has 0 N–H and O–H groups in total. The van der Waals surface area contributed by atoms with E-state index in [4.69, 9.17) is 4.74 Å². The smallest absolute Gasteiger partial charge is 0.311 e. The standard InChI is InChI=1S/C13H8BrF2NO3/c14-7-8-1-4-12(11(5-8)17(18)19)20-13-6-9(15)2-3-10(13)16/h1-6H,7H2. The van der Waals surface area contributed by atoms with Crippen LogP contribution < -0.4 is 4.74 Å². The van der Waals surface area contributed by atoms with Crippen LogP contribution in [0.1, 0.15) is 5.56 Å². The van der Waals surface area contributed by atoms with Crippen LogP contribution in [0.15, 0.2) is 36.4 Å². The molecule has 0 atom stereocenters. The Morgan fingerprint density at radius 3 is 2.55 bits per heavy atom. The van der Waals surface area contributed by atoms with Crippen molar-refractivity contribution in [3.05, 3.63) is 63.7 Å². The number of halogens is 3. The van der Waals surface area contributed by atoms with E-state index in [9.17, 15) is 18.9 Å². The molecule has 0 aliphatic rings. The van der Waals surface area contributed by atoms with Gasteiger partial charge in [0, 0.05) is 17.5 Å². The lowest BCUT2D eigenvalue weighted by molar-refractivity contribution is -0.385. The van der Waals surface area contributed by atoms with E-state index >= 15 is 0 Å². The molecule has 0 aliphatic heterocycles. The van der Waals surface area contributed by atoms with Crippen LogP contribution >= 0.6 is 15.9 Å². The van der Waals surface area contributed by atoms with Gasteiger partial charge < -0.3 is 4.74 Å². The maximum absolute atomic E-state index is 13.5. The average Bonchev–Trinajstić information content (AvgIpc) is 2.43. The summed E-state index contributed by atoms with van der Waals surface area (Å²) in [6, 6.07) is 6.90. The normalized spacial score (nSPS) is 10.3. The van der Waals surface area contributed by atoms with Crippen LogP contribution in [-0.2, 0) is 5.33 Å². The third-order valence-corrected chi connectivity index (χ3v) is 3.13. The summed E-state index contributed by atoms with van der Waals surface area (Å²) >= 11 is 3.18. The monoisotopic (exact) mass is 343 g/mol. The highest BCUT2D eigenvalue weighted by Gasteiger charge is 2.18. The number of nitro groups is 1. The molecule has 0 saturated heterocycles. The van der Waals surface area contributed by atoms with Gasteiger partial charge in [0.15, 0.2) is 11.6 Å². The van der Waals surface area contributed by atoms with Gasteiger partial charge in [-0.05, 0) is 23.8 Å². The van der Waals surface area contributed by atoms with E-state index in [1.165, 1.54) is 12.1 Å². The molecule has 0 fully saturated rings. The molecular formula is C13H8BrF2NO3. The maximum atomic E-state index is 13.5. The Morgan fingerprint density at radius 2 is 1.90 bits per heavy atom. The molecule has 7 heteroatoms. The highest BCUT2D eigenvalue weighted by Crippen LogP contribution is 2.34. The molecule has 0 unspecified atom stereocenters. The molecule has 0 radical (unpaired) electrons. The van der Waals surface area contributed by atoms with Crippen molar-refractivity contribution in [1.29, 1.82) is 0 Å². The molecule has 0 spiro atoms. The number of ether oxygens (including phenoxy) is 1. The largest absolute Gasteiger partial charge is 0.447 e. The molecule has 2 aromatic rings. The van der Waals surface area contributed by atoms with Gasteiger partial charge in [-0.2, -0.15) is 0 Å². The fourth-order valence-corrected chi connectivity index (χ4v) is 1.90. The summed E-state index contributed by atoms with van der Waals surface area (Å²) in [4.78, 5) is 10.3. The van der Waals surface area contributed by atoms with Gasteiger partial charge in [-0.3, -0.25) is 10.1 Å². The van der Waals surface area contributed by atoms with E-state index in [1.807, 2.05) is 0 Å². The molecule has 2 rings (SSSR count). The van der Waals surface area contributed by atoms with Gasteiger partial charge in [-0.1, -0.05) is 22.0 Å². The molecule has 0 amide bonds. The predicted molar refractivity (Wildman–Crippen MR) is 72.2 cm³/mol. The van der Waals surface area contributed by atoms with Crippen LogP contribution in [-0.4, -0.2) is 4.92 Å². The van der Waals surface area contributed by atoms with Gasteiger partial charge >= 0.3 is 5.69 Å². The van der Waals surface area contributed by atoms with Crippen molar-refractivity contribution >= 4 is 21.6 Å². The van der Waals surface area contributed by atoms with Gasteiger partial charge in [0.25, 0.3) is 0 Å². The number of nitrogens with zero attached hydrogens (tertiary/aromatic N) is 1. The highest BCUT2D eigenvalue weighted by molar-refractivity contribution is 9.08. The first-order chi connectivity index (χ1) is 9.51. The Kier molecular flexibility index (Phi) is 4.29. The van der Waals surface area contributed by atoms with E-state index in [1.54, 1.807) is 6.07 Å². The van der Waals surface area contributed by atoms with Gasteiger partial charge in [0.1, 0.15) is 5.82 Å².